The SMILES string of the molecule is CCCCCCCCCCCCCCCCCCCCCCCCCCCCCCCCCCOC(=O)[C@@H](N)C(C)C.CCS(=O)(=O)O. The first-order valence-corrected chi connectivity index (χ1v) is 22.6. The molecule has 0 aromatic rings. The lowest BCUT2D eigenvalue weighted by molar-refractivity contribution is -0.146. The van der Waals surface area contributed by atoms with Crippen LogP contribution in [0.25, 0.3) is 0 Å². The lowest BCUT2D eigenvalue weighted by atomic mass is 10.0. The third-order valence-corrected chi connectivity index (χ3v) is 10.3. The Morgan fingerprint density at radius 3 is 0.896 bits per heavy atom. The maximum Gasteiger partial charge on any atom is 0.323 e. The topological polar surface area (TPSA) is 107 Å². The molecule has 0 radical (unpaired) electrons. The van der Waals surface area contributed by atoms with Crippen LogP contribution in [0, 0.1) is 5.92 Å². The number of hydrogen-bond acceptors (Lipinski definition) is 5. The lowest BCUT2D eigenvalue weighted by Crippen LogP contribution is -2.37. The number of hydrogen-bond donors (Lipinski definition) is 2. The molecule has 0 aliphatic carbocycles. The van der Waals surface area contributed by atoms with Gasteiger partial charge in [-0.2, -0.15) is 8.42 Å². The van der Waals surface area contributed by atoms with Gasteiger partial charge < -0.3 is 10.5 Å². The summed E-state index contributed by atoms with van der Waals surface area (Å²) in [5.74, 6) is -0.302. The highest BCUT2D eigenvalue weighted by Gasteiger charge is 2.18. The Bertz CT molecular complexity index is 743. The van der Waals surface area contributed by atoms with Crippen molar-refractivity contribution in [1.82, 2.24) is 0 Å². The number of carbonyl (C=O) groups is 1. The fourth-order valence-electron chi connectivity index (χ4n) is 6.02. The number of esters is 1. The van der Waals surface area contributed by atoms with Crippen molar-refractivity contribution in [1.29, 1.82) is 0 Å². The second-order valence-electron chi connectivity index (χ2n) is 14.8. The summed E-state index contributed by atoms with van der Waals surface area (Å²) in [5, 5.41) is 0. The summed E-state index contributed by atoms with van der Waals surface area (Å²) >= 11 is 0. The Morgan fingerprint density at radius 1 is 0.500 bits per heavy atom. The zero-order valence-corrected chi connectivity index (χ0v) is 33.6. The molecule has 0 saturated heterocycles. The molecule has 3 N–H and O–H groups in total. The predicted octanol–water partition coefficient (Wildman–Crippen LogP) is 12.9. The lowest BCUT2D eigenvalue weighted by Gasteiger charge is -2.14. The minimum atomic E-state index is -3.66. The summed E-state index contributed by atoms with van der Waals surface area (Å²) in [5.41, 5.74) is 5.80. The Labute approximate surface area is 301 Å². The van der Waals surface area contributed by atoms with E-state index in [1.807, 2.05) is 13.8 Å². The number of rotatable bonds is 36. The van der Waals surface area contributed by atoms with E-state index in [9.17, 15) is 13.2 Å². The molecule has 0 bridgehead atoms. The first kappa shape index (κ1) is 49.5. The molecule has 0 spiro atoms. The van der Waals surface area contributed by atoms with Crippen LogP contribution in [-0.2, 0) is 19.6 Å². The largest absolute Gasteiger partial charge is 0.465 e. The van der Waals surface area contributed by atoms with Gasteiger partial charge in [0.05, 0.1) is 12.4 Å². The summed E-state index contributed by atoms with van der Waals surface area (Å²) < 4.78 is 32.2. The van der Waals surface area contributed by atoms with Gasteiger partial charge in [0.1, 0.15) is 6.04 Å². The van der Waals surface area contributed by atoms with E-state index in [0.29, 0.717) is 6.61 Å². The van der Waals surface area contributed by atoms with Crippen LogP contribution in [0.5, 0.6) is 0 Å². The molecule has 0 fully saturated rings. The van der Waals surface area contributed by atoms with Crippen molar-refractivity contribution < 1.29 is 22.5 Å². The van der Waals surface area contributed by atoms with Gasteiger partial charge >= 0.3 is 5.97 Å². The third-order valence-electron chi connectivity index (χ3n) is 9.60. The highest BCUT2D eigenvalue weighted by atomic mass is 32.2. The van der Waals surface area contributed by atoms with Crippen molar-refractivity contribution in [2.24, 2.45) is 11.7 Å². The molecule has 0 rings (SSSR count). The molecule has 0 amide bonds. The molecule has 0 unspecified atom stereocenters. The maximum absolute atomic E-state index is 11.7. The van der Waals surface area contributed by atoms with Crippen molar-refractivity contribution >= 4 is 16.1 Å². The Hall–Kier alpha value is -0.660. The van der Waals surface area contributed by atoms with E-state index in [1.54, 1.807) is 0 Å². The summed E-state index contributed by atoms with van der Waals surface area (Å²) in [6.07, 6.45) is 45.4. The molecule has 0 heterocycles. The van der Waals surface area contributed by atoms with E-state index in [-0.39, 0.29) is 17.6 Å². The molecular formula is C41H85NO5S. The van der Waals surface area contributed by atoms with E-state index >= 15 is 0 Å². The van der Waals surface area contributed by atoms with Crippen molar-refractivity contribution in [3.05, 3.63) is 0 Å². The second kappa shape index (κ2) is 39.1. The highest BCUT2D eigenvalue weighted by molar-refractivity contribution is 7.85. The molecule has 0 aliphatic rings. The predicted molar refractivity (Wildman–Crippen MR) is 209 cm³/mol. The monoisotopic (exact) mass is 704 g/mol. The molecule has 6 nitrogen and oxygen atoms in total. The van der Waals surface area contributed by atoms with Gasteiger partial charge in [0, 0.05) is 0 Å². The van der Waals surface area contributed by atoms with E-state index in [0.717, 1.165) is 12.8 Å². The molecule has 290 valence electrons. The number of ether oxygens (including phenoxy) is 1. The van der Waals surface area contributed by atoms with E-state index < -0.39 is 16.2 Å². The molecule has 0 saturated carbocycles. The normalized spacial score (nSPS) is 12.2. The van der Waals surface area contributed by atoms with Crippen LogP contribution >= 0.6 is 0 Å². The molecule has 0 aliphatic heterocycles. The number of carbonyl (C=O) groups excluding carboxylic acids is 1. The van der Waals surface area contributed by atoms with Gasteiger partial charge in [0.25, 0.3) is 10.1 Å². The van der Waals surface area contributed by atoms with Crippen LogP contribution < -0.4 is 5.73 Å². The van der Waals surface area contributed by atoms with Gasteiger partial charge in [-0.15, -0.1) is 0 Å². The van der Waals surface area contributed by atoms with Crippen LogP contribution in [0.15, 0.2) is 0 Å². The molecule has 7 heteroatoms. The second-order valence-corrected chi connectivity index (χ2v) is 16.5. The van der Waals surface area contributed by atoms with E-state index in [2.05, 4.69) is 6.92 Å². The van der Waals surface area contributed by atoms with Gasteiger partial charge in [0.15, 0.2) is 0 Å². The summed E-state index contributed by atoms with van der Waals surface area (Å²) in [7, 11) is -3.66. The maximum atomic E-state index is 11.7. The number of unbranched alkanes of at least 4 members (excludes halogenated alkanes) is 31. The fourth-order valence-corrected chi connectivity index (χ4v) is 6.02. The smallest absolute Gasteiger partial charge is 0.323 e. The molecule has 48 heavy (non-hydrogen) atoms. The minimum absolute atomic E-state index is 0.144. The molecule has 1 atom stereocenters. The van der Waals surface area contributed by atoms with Crippen molar-refractivity contribution in [2.75, 3.05) is 12.4 Å². The molecular weight excluding hydrogens is 619 g/mol. The zero-order chi connectivity index (χ0) is 36.0. The van der Waals surface area contributed by atoms with Crippen LogP contribution in [0.3, 0.4) is 0 Å². The quantitative estimate of drug-likeness (QED) is 0.0382. The molecule has 0 aromatic heterocycles. The van der Waals surface area contributed by atoms with Crippen LogP contribution in [0.4, 0.5) is 0 Å². The van der Waals surface area contributed by atoms with Gasteiger partial charge in [-0.1, -0.05) is 220 Å². The van der Waals surface area contributed by atoms with Gasteiger partial charge in [-0.25, -0.2) is 0 Å². The first-order chi connectivity index (χ1) is 23.2. The minimum Gasteiger partial charge on any atom is -0.465 e. The summed E-state index contributed by atoms with van der Waals surface area (Å²) in [6, 6.07) is -0.478. The van der Waals surface area contributed by atoms with Crippen LogP contribution in [0.2, 0.25) is 0 Å². The van der Waals surface area contributed by atoms with Crippen LogP contribution in [0.1, 0.15) is 233 Å². The average molecular weight is 704 g/mol. The van der Waals surface area contributed by atoms with E-state index in [4.69, 9.17) is 15.0 Å². The van der Waals surface area contributed by atoms with Gasteiger partial charge in [0.2, 0.25) is 0 Å². The Balaban J connectivity index is 0. The highest BCUT2D eigenvalue weighted by Crippen LogP contribution is 2.17. The molecule has 0 aromatic carbocycles. The van der Waals surface area contributed by atoms with Crippen LogP contribution in [-0.4, -0.2) is 37.3 Å². The Morgan fingerprint density at radius 2 is 0.708 bits per heavy atom. The van der Waals surface area contributed by atoms with Gasteiger partial charge in [-0.3, -0.25) is 9.35 Å². The van der Waals surface area contributed by atoms with Crippen molar-refractivity contribution in [2.45, 2.75) is 239 Å². The Kier molecular flexibility index (Phi) is 40.3. The summed E-state index contributed by atoms with van der Waals surface area (Å²) in [4.78, 5) is 11.7. The van der Waals surface area contributed by atoms with Crippen molar-refractivity contribution in [3.8, 4) is 0 Å². The van der Waals surface area contributed by atoms with Gasteiger partial charge in [-0.05, 0) is 19.3 Å². The summed E-state index contributed by atoms with van der Waals surface area (Å²) in [6.45, 7) is 8.11. The first-order valence-electron chi connectivity index (χ1n) is 21.0. The standard InChI is InChI=1S/C39H79NO2.C2H6O3S/c1-4-5-6-7-8-9-10-11-12-13-14-15-16-17-18-19-20-21-22-23-24-25-26-27-28-29-30-31-32-33-34-35-36-42-39(41)38(40)37(2)3;1-2-6(3,4)5/h37-38H,4-36,40H2,1-3H3;2H2,1H3,(H,3,4,5)/t38-;/m0./s1. The zero-order valence-electron chi connectivity index (χ0n) is 32.8. The van der Waals surface area contributed by atoms with E-state index in [1.165, 1.54) is 200 Å². The fraction of sp³-hybridized carbons (Fsp3) is 0.976. The third kappa shape index (κ3) is 43.4. The number of nitrogens with two attached hydrogens (primary N) is 1. The average Bonchev–Trinajstić information content (AvgIpc) is 3.06. The van der Waals surface area contributed by atoms with Crippen molar-refractivity contribution in [3.63, 3.8) is 0 Å².